The number of nitrogens with zero attached hydrogens (tertiary/aromatic N) is 4. The zero-order valence-electron chi connectivity index (χ0n) is 10.7. The van der Waals surface area contributed by atoms with Gasteiger partial charge in [-0.05, 0) is 32.1 Å². The molecule has 0 spiro atoms. The quantitative estimate of drug-likeness (QED) is 0.605. The molecule has 5 heteroatoms. The van der Waals surface area contributed by atoms with Gasteiger partial charge >= 0.3 is 0 Å². The number of rotatable bonds is 5. The normalized spacial score (nSPS) is 20.1. The molecule has 0 unspecified atom stereocenters. The summed E-state index contributed by atoms with van der Waals surface area (Å²) in [5.74, 6) is 2.01. The van der Waals surface area contributed by atoms with Crippen molar-refractivity contribution in [3.8, 4) is 0 Å². The summed E-state index contributed by atoms with van der Waals surface area (Å²) in [5, 5.41) is 9.88. The van der Waals surface area contributed by atoms with Gasteiger partial charge in [0.15, 0.2) is 5.16 Å². The van der Waals surface area contributed by atoms with Crippen LogP contribution in [0.25, 0.3) is 0 Å². The summed E-state index contributed by atoms with van der Waals surface area (Å²) in [6.45, 7) is 6.05. The second-order valence-electron chi connectivity index (χ2n) is 5.03. The second kappa shape index (κ2) is 5.34. The molecule has 4 nitrogen and oxygen atoms in total. The largest absolute Gasteiger partial charge is 0.341 e. The lowest BCUT2D eigenvalue weighted by Gasteiger charge is -2.27. The maximum atomic E-state index is 4.44. The van der Waals surface area contributed by atoms with E-state index in [4.69, 9.17) is 0 Å². The van der Waals surface area contributed by atoms with Crippen molar-refractivity contribution in [3.63, 3.8) is 0 Å². The number of thioether (sulfide) groups is 1. The molecule has 1 saturated heterocycles. The van der Waals surface area contributed by atoms with Crippen molar-refractivity contribution in [2.45, 2.75) is 43.3 Å². The Balaban J connectivity index is 1.83. The van der Waals surface area contributed by atoms with Crippen LogP contribution in [-0.4, -0.2) is 33.6 Å². The molecule has 2 aliphatic rings. The lowest BCUT2D eigenvalue weighted by Crippen LogP contribution is -2.31. The number of hydrogen-bond acceptors (Lipinski definition) is 4. The summed E-state index contributed by atoms with van der Waals surface area (Å²) < 4.78 is 2.36. The van der Waals surface area contributed by atoms with Gasteiger partial charge in [0.2, 0.25) is 5.95 Å². The minimum absolute atomic E-state index is 0.643. The van der Waals surface area contributed by atoms with E-state index in [0.29, 0.717) is 6.04 Å². The third-order valence-electron chi connectivity index (χ3n) is 3.53. The lowest BCUT2D eigenvalue weighted by molar-refractivity contribution is 0.548. The van der Waals surface area contributed by atoms with E-state index in [1.165, 1.54) is 32.1 Å². The summed E-state index contributed by atoms with van der Waals surface area (Å²) in [4.78, 5) is 2.41. The molecule has 1 aliphatic carbocycles. The van der Waals surface area contributed by atoms with Crippen molar-refractivity contribution in [1.29, 1.82) is 0 Å². The van der Waals surface area contributed by atoms with Crippen LogP contribution >= 0.6 is 11.8 Å². The Morgan fingerprint density at radius 1 is 1.22 bits per heavy atom. The number of anilines is 1. The third-order valence-corrected chi connectivity index (χ3v) is 4.47. The molecular weight excluding hydrogens is 244 g/mol. The fourth-order valence-corrected chi connectivity index (χ4v) is 3.20. The van der Waals surface area contributed by atoms with E-state index in [2.05, 4.69) is 26.2 Å². The van der Waals surface area contributed by atoms with Gasteiger partial charge in [-0.2, -0.15) is 0 Å². The number of hydrogen-bond donors (Lipinski definition) is 0. The fourth-order valence-electron chi connectivity index (χ4n) is 2.46. The highest BCUT2D eigenvalue weighted by Crippen LogP contribution is 2.41. The van der Waals surface area contributed by atoms with Gasteiger partial charge in [-0.15, -0.1) is 16.8 Å². The molecule has 2 heterocycles. The van der Waals surface area contributed by atoms with Crippen molar-refractivity contribution in [1.82, 2.24) is 14.8 Å². The predicted molar refractivity (Wildman–Crippen MR) is 75.3 cm³/mol. The molecule has 1 aromatic rings. The van der Waals surface area contributed by atoms with Crippen LogP contribution in [0.2, 0.25) is 0 Å². The van der Waals surface area contributed by atoms with Crippen LogP contribution < -0.4 is 4.90 Å². The molecule has 18 heavy (non-hydrogen) atoms. The molecule has 0 N–H and O–H groups in total. The zero-order valence-corrected chi connectivity index (χ0v) is 11.5. The van der Waals surface area contributed by atoms with E-state index in [-0.39, 0.29) is 0 Å². The van der Waals surface area contributed by atoms with E-state index in [1.54, 1.807) is 11.8 Å². The van der Waals surface area contributed by atoms with Crippen LogP contribution in [0, 0.1) is 0 Å². The monoisotopic (exact) mass is 264 g/mol. The van der Waals surface area contributed by atoms with Crippen LogP contribution in [0.15, 0.2) is 17.8 Å². The highest BCUT2D eigenvalue weighted by atomic mass is 32.2. The summed E-state index contributed by atoms with van der Waals surface area (Å²) in [6, 6.07) is 0.643. The smallest absolute Gasteiger partial charge is 0.228 e. The highest BCUT2D eigenvalue weighted by molar-refractivity contribution is 7.99. The van der Waals surface area contributed by atoms with Gasteiger partial charge in [-0.1, -0.05) is 17.8 Å². The topological polar surface area (TPSA) is 34.0 Å². The highest BCUT2D eigenvalue weighted by Gasteiger charge is 2.31. The molecule has 98 valence electrons. The zero-order chi connectivity index (χ0) is 12.4. The maximum Gasteiger partial charge on any atom is 0.228 e. The van der Waals surface area contributed by atoms with E-state index >= 15 is 0 Å². The molecule has 0 bridgehead atoms. The Morgan fingerprint density at radius 3 is 2.67 bits per heavy atom. The molecule has 0 atom stereocenters. The van der Waals surface area contributed by atoms with Gasteiger partial charge < -0.3 is 4.90 Å². The summed E-state index contributed by atoms with van der Waals surface area (Å²) in [5.41, 5.74) is 0. The second-order valence-corrected chi connectivity index (χ2v) is 6.02. The predicted octanol–water partition coefficient (Wildman–Crippen LogP) is 2.88. The average molecular weight is 264 g/mol. The van der Waals surface area contributed by atoms with Crippen molar-refractivity contribution >= 4 is 17.7 Å². The molecule has 1 saturated carbocycles. The van der Waals surface area contributed by atoms with Crippen LogP contribution in [0.5, 0.6) is 0 Å². The first-order valence-corrected chi connectivity index (χ1v) is 7.82. The van der Waals surface area contributed by atoms with Crippen LogP contribution in [0.4, 0.5) is 5.95 Å². The Kier molecular flexibility index (Phi) is 3.59. The molecular formula is C13H20N4S. The van der Waals surface area contributed by atoms with Crippen molar-refractivity contribution in [2.75, 3.05) is 23.7 Å². The summed E-state index contributed by atoms with van der Waals surface area (Å²) in [6.07, 6.45) is 8.41. The molecule has 3 rings (SSSR count). The van der Waals surface area contributed by atoms with E-state index in [1.807, 2.05) is 6.08 Å². The molecule has 1 aromatic heterocycles. The van der Waals surface area contributed by atoms with Crippen LogP contribution in [-0.2, 0) is 0 Å². The Hall–Kier alpha value is -0.970. The van der Waals surface area contributed by atoms with Crippen molar-refractivity contribution in [3.05, 3.63) is 12.7 Å². The third kappa shape index (κ3) is 2.41. The Morgan fingerprint density at radius 2 is 2.00 bits per heavy atom. The van der Waals surface area contributed by atoms with Gasteiger partial charge in [0.1, 0.15) is 0 Å². The first-order chi connectivity index (χ1) is 8.90. The Labute approximate surface area is 112 Å². The Bertz CT molecular complexity index is 419. The van der Waals surface area contributed by atoms with Gasteiger partial charge in [0.05, 0.1) is 0 Å². The van der Waals surface area contributed by atoms with Gasteiger partial charge in [-0.25, -0.2) is 0 Å². The maximum absolute atomic E-state index is 4.44. The molecule has 1 aliphatic heterocycles. The van der Waals surface area contributed by atoms with Crippen LogP contribution in [0.1, 0.15) is 38.1 Å². The van der Waals surface area contributed by atoms with Crippen LogP contribution in [0.3, 0.4) is 0 Å². The fraction of sp³-hybridized carbons (Fsp3) is 0.692. The SMILES string of the molecule is C=CCSc1nnc(N2CCCCC2)n1C1CC1. The minimum atomic E-state index is 0.643. The first-order valence-electron chi connectivity index (χ1n) is 6.83. The molecule has 0 aromatic carbocycles. The lowest BCUT2D eigenvalue weighted by atomic mass is 10.1. The van der Waals surface area contributed by atoms with Gasteiger partial charge in [0.25, 0.3) is 0 Å². The van der Waals surface area contributed by atoms with Crippen molar-refractivity contribution in [2.24, 2.45) is 0 Å². The van der Waals surface area contributed by atoms with E-state index in [9.17, 15) is 0 Å². The van der Waals surface area contributed by atoms with Crippen molar-refractivity contribution < 1.29 is 0 Å². The van der Waals surface area contributed by atoms with E-state index in [0.717, 1.165) is 29.9 Å². The average Bonchev–Trinajstić information content (AvgIpc) is 3.17. The summed E-state index contributed by atoms with van der Waals surface area (Å²) >= 11 is 1.74. The van der Waals surface area contributed by atoms with Gasteiger partial charge in [0, 0.05) is 24.9 Å². The standard InChI is InChI=1S/C13H20N4S/c1-2-10-18-13-15-14-12(17(13)11-6-7-11)16-8-4-3-5-9-16/h2,11H,1,3-10H2. The molecule has 2 fully saturated rings. The minimum Gasteiger partial charge on any atom is -0.341 e. The number of piperidine rings is 1. The molecule has 0 amide bonds. The van der Waals surface area contributed by atoms with E-state index < -0.39 is 0 Å². The molecule has 0 radical (unpaired) electrons. The first kappa shape index (κ1) is 12.1. The van der Waals surface area contributed by atoms with Gasteiger partial charge in [-0.3, -0.25) is 4.57 Å². The summed E-state index contributed by atoms with van der Waals surface area (Å²) in [7, 11) is 0. The number of aromatic nitrogens is 3.